The number of carbonyl (C=O) groups is 1. The second-order valence-corrected chi connectivity index (χ2v) is 7.16. The van der Waals surface area contributed by atoms with Gasteiger partial charge in [0, 0.05) is 36.6 Å². The molecule has 0 saturated carbocycles. The molecule has 1 amide bonds. The van der Waals surface area contributed by atoms with Crippen LogP contribution in [0.4, 0.5) is 5.95 Å². The molecule has 1 N–H and O–H groups in total. The largest absolute Gasteiger partial charge is 0.493 e. The quantitative estimate of drug-likeness (QED) is 0.825. The second kappa shape index (κ2) is 8.91. The fraction of sp³-hybridized carbons (Fsp3) is 0.476. The summed E-state index contributed by atoms with van der Waals surface area (Å²) in [6.07, 6.45) is 2.01. The highest BCUT2D eigenvalue weighted by molar-refractivity contribution is 5.94. The lowest BCUT2D eigenvalue weighted by Crippen LogP contribution is -2.39. The summed E-state index contributed by atoms with van der Waals surface area (Å²) in [4.78, 5) is 23.8. The van der Waals surface area contributed by atoms with Crippen LogP contribution >= 0.6 is 0 Å². The Balaban J connectivity index is 1.52. The lowest BCUT2D eigenvalue weighted by molar-refractivity contribution is 0.0944. The van der Waals surface area contributed by atoms with E-state index in [2.05, 4.69) is 20.2 Å². The Morgan fingerprint density at radius 1 is 1.07 bits per heavy atom. The Bertz CT molecular complexity index is 812. The van der Waals surface area contributed by atoms with Crippen LogP contribution in [0.2, 0.25) is 0 Å². The van der Waals surface area contributed by atoms with Crippen LogP contribution in [0.5, 0.6) is 11.5 Å². The number of benzene rings is 1. The smallest absolute Gasteiger partial charge is 0.251 e. The zero-order valence-electron chi connectivity index (χ0n) is 17.0. The van der Waals surface area contributed by atoms with E-state index in [0.717, 1.165) is 43.3 Å². The minimum absolute atomic E-state index is 0.0963. The molecule has 7 nitrogen and oxygen atoms in total. The Morgan fingerprint density at radius 2 is 1.71 bits per heavy atom. The summed E-state index contributed by atoms with van der Waals surface area (Å²) < 4.78 is 10.5. The number of hydrogen-bond acceptors (Lipinski definition) is 6. The van der Waals surface area contributed by atoms with Gasteiger partial charge in [-0.3, -0.25) is 4.79 Å². The first kappa shape index (κ1) is 19.9. The van der Waals surface area contributed by atoms with Gasteiger partial charge in [-0.25, -0.2) is 9.97 Å². The van der Waals surface area contributed by atoms with Crippen molar-refractivity contribution in [1.29, 1.82) is 0 Å². The first-order valence-electron chi connectivity index (χ1n) is 9.57. The van der Waals surface area contributed by atoms with Gasteiger partial charge < -0.3 is 19.7 Å². The van der Waals surface area contributed by atoms with Crippen molar-refractivity contribution < 1.29 is 14.3 Å². The normalized spacial score (nSPS) is 14.6. The molecule has 0 aliphatic carbocycles. The van der Waals surface area contributed by atoms with Crippen LogP contribution in [0.15, 0.2) is 24.3 Å². The zero-order valence-corrected chi connectivity index (χ0v) is 17.0. The number of anilines is 1. The van der Waals surface area contributed by atoms with Gasteiger partial charge in [0.25, 0.3) is 5.91 Å². The molecule has 0 bridgehead atoms. The number of carbonyl (C=O) groups excluding carboxylic acids is 1. The van der Waals surface area contributed by atoms with Crippen LogP contribution in [0.25, 0.3) is 0 Å². The average molecular weight is 384 g/mol. The molecule has 1 aliphatic rings. The van der Waals surface area contributed by atoms with E-state index in [9.17, 15) is 4.79 Å². The van der Waals surface area contributed by atoms with Gasteiger partial charge in [0.1, 0.15) is 0 Å². The summed E-state index contributed by atoms with van der Waals surface area (Å²) in [6, 6.07) is 7.18. The second-order valence-electron chi connectivity index (χ2n) is 7.16. The molecule has 1 aromatic heterocycles. The van der Waals surface area contributed by atoms with Crippen LogP contribution in [0.3, 0.4) is 0 Å². The molecule has 0 atom stereocenters. The third kappa shape index (κ3) is 4.71. The van der Waals surface area contributed by atoms with Crippen molar-refractivity contribution in [3.63, 3.8) is 0 Å². The van der Waals surface area contributed by atoms with Crippen molar-refractivity contribution in [2.75, 3.05) is 38.8 Å². The molecule has 2 heterocycles. The number of amides is 1. The van der Waals surface area contributed by atoms with Gasteiger partial charge in [-0.2, -0.15) is 0 Å². The number of nitrogens with zero attached hydrogens (tertiary/aromatic N) is 3. The molecule has 0 radical (unpaired) electrons. The number of piperidine rings is 1. The summed E-state index contributed by atoms with van der Waals surface area (Å²) in [5, 5.41) is 3.05. The van der Waals surface area contributed by atoms with Gasteiger partial charge >= 0.3 is 0 Å². The van der Waals surface area contributed by atoms with Gasteiger partial charge in [0.15, 0.2) is 11.5 Å². The van der Waals surface area contributed by atoms with E-state index in [-0.39, 0.29) is 5.91 Å². The molecule has 1 aliphatic heterocycles. The Hall–Kier alpha value is -2.83. The number of aromatic nitrogens is 2. The third-order valence-corrected chi connectivity index (χ3v) is 5.06. The summed E-state index contributed by atoms with van der Waals surface area (Å²) in [5.41, 5.74) is 2.55. The van der Waals surface area contributed by atoms with Crippen LogP contribution in [0.1, 0.15) is 34.6 Å². The predicted octanol–water partition coefficient (Wildman–Crippen LogP) is 2.76. The van der Waals surface area contributed by atoms with Crippen LogP contribution in [-0.4, -0.2) is 49.7 Å². The number of nitrogens with one attached hydrogen (secondary N) is 1. The molecule has 1 fully saturated rings. The molecule has 28 heavy (non-hydrogen) atoms. The summed E-state index contributed by atoms with van der Waals surface area (Å²) in [7, 11) is 3.14. The van der Waals surface area contributed by atoms with Crippen molar-refractivity contribution in [1.82, 2.24) is 15.3 Å². The van der Waals surface area contributed by atoms with Crippen molar-refractivity contribution in [3.8, 4) is 11.5 Å². The highest BCUT2D eigenvalue weighted by atomic mass is 16.5. The summed E-state index contributed by atoms with van der Waals surface area (Å²) in [6.45, 7) is 6.46. The predicted molar refractivity (Wildman–Crippen MR) is 108 cm³/mol. The van der Waals surface area contributed by atoms with Crippen LogP contribution < -0.4 is 19.7 Å². The maximum Gasteiger partial charge on any atom is 0.251 e. The van der Waals surface area contributed by atoms with E-state index in [1.807, 2.05) is 19.9 Å². The van der Waals surface area contributed by atoms with E-state index in [1.165, 1.54) is 0 Å². The van der Waals surface area contributed by atoms with E-state index >= 15 is 0 Å². The molecule has 1 aromatic carbocycles. The van der Waals surface area contributed by atoms with Gasteiger partial charge in [-0.1, -0.05) is 0 Å². The number of hydrogen-bond donors (Lipinski definition) is 1. The number of rotatable bonds is 6. The van der Waals surface area contributed by atoms with Gasteiger partial charge in [0.05, 0.1) is 14.2 Å². The SMILES string of the molecule is COc1ccc(C(=O)NCC2CCN(c3nc(C)cc(C)n3)CC2)cc1OC. The maximum absolute atomic E-state index is 12.5. The third-order valence-electron chi connectivity index (χ3n) is 5.06. The Kier molecular flexibility index (Phi) is 6.34. The molecule has 150 valence electrons. The molecule has 0 unspecified atom stereocenters. The number of aryl methyl sites for hydroxylation is 2. The first-order chi connectivity index (χ1) is 13.5. The van der Waals surface area contributed by atoms with Gasteiger partial charge in [0.2, 0.25) is 5.95 Å². The molecular formula is C21H28N4O3. The summed E-state index contributed by atoms with van der Waals surface area (Å²) >= 11 is 0. The zero-order chi connectivity index (χ0) is 20.1. The highest BCUT2D eigenvalue weighted by Gasteiger charge is 2.22. The van der Waals surface area contributed by atoms with Gasteiger partial charge in [-0.05, 0) is 56.9 Å². The molecule has 2 aromatic rings. The van der Waals surface area contributed by atoms with Gasteiger partial charge in [-0.15, -0.1) is 0 Å². The summed E-state index contributed by atoms with van der Waals surface area (Å²) in [5.74, 6) is 2.33. The van der Waals surface area contributed by atoms with Crippen LogP contribution in [0, 0.1) is 19.8 Å². The molecular weight excluding hydrogens is 356 g/mol. The lowest BCUT2D eigenvalue weighted by Gasteiger charge is -2.32. The lowest BCUT2D eigenvalue weighted by atomic mass is 9.97. The minimum atomic E-state index is -0.0963. The van der Waals surface area contributed by atoms with E-state index in [1.54, 1.807) is 32.4 Å². The van der Waals surface area contributed by atoms with E-state index in [0.29, 0.717) is 29.5 Å². The van der Waals surface area contributed by atoms with E-state index in [4.69, 9.17) is 9.47 Å². The number of methoxy groups -OCH3 is 2. The van der Waals surface area contributed by atoms with E-state index < -0.39 is 0 Å². The number of ether oxygens (including phenoxy) is 2. The van der Waals surface area contributed by atoms with Crippen molar-refractivity contribution in [2.24, 2.45) is 5.92 Å². The average Bonchev–Trinajstić information content (AvgIpc) is 2.71. The monoisotopic (exact) mass is 384 g/mol. The maximum atomic E-state index is 12.5. The first-order valence-corrected chi connectivity index (χ1v) is 9.57. The minimum Gasteiger partial charge on any atom is -0.493 e. The van der Waals surface area contributed by atoms with Crippen molar-refractivity contribution in [3.05, 3.63) is 41.2 Å². The highest BCUT2D eigenvalue weighted by Crippen LogP contribution is 2.27. The topological polar surface area (TPSA) is 76.6 Å². The molecule has 3 rings (SSSR count). The molecule has 0 spiro atoms. The standard InChI is InChI=1S/C21H28N4O3/c1-14-11-15(2)24-21(23-14)25-9-7-16(8-10-25)13-22-20(26)17-5-6-18(27-3)19(12-17)28-4/h5-6,11-12,16H,7-10,13H2,1-4H3,(H,22,26). The van der Waals surface area contributed by atoms with Crippen LogP contribution in [-0.2, 0) is 0 Å². The Labute approximate surface area is 166 Å². The van der Waals surface area contributed by atoms with Crippen molar-refractivity contribution >= 4 is 11.9 Å². The fourth-order valence-electron chi connectivity index (χ4n) is 3.50. The molecule has 1 saturated heterocycles. The Morgan fingerprint density at radius 3 is 2.32 bits per heavy atom. The van der Waals surface area contributed by atoms with Crippen molar-refractivity contribution in [2.45, 2.75) is 26.7 Å². The fourth-order valence-corrected chi connectivity index (χ4v) is 3.50. The molecule has 7 heteroatoms.